The van der Waals surface area contributed by atoms with Gasteiger partial charge in [-0.25, -0.2) is 4.79 Å². The molecule has 0 bridgehead atoms. The fourth-order valence-electron chi connectivity index (χ4n) is 2.98. The van der Waals surface area contributed by atoms with Crippen molar-refractivity contribution in [2.24, 2.45) is 0 Å². The number of rotatable bonds is 3. The fourth-order valence-corrected chi connectivity index (χ4v) is 4.33. The van der Waals surface area contributed by atoms with Gasteiger partial charge in [0.05, 0.1) is 5.56 Å². The number of carbonyl (C=O) groups excluding carboxylic acids is 1. The minimum Gasteiger partial charge on any atom is -0.478 e. The summed E-state index contributed by atoms with van der Waals surface area (Å²) in [5.41, 5.74) is 1.71. The number of anilines is 1. The van der Waals surface area contributed by atoms with Gasteiger partial charge >= 0.3 is 5.97 Å². The summed E-state index contributed by atoms with van der Waals surface area (Å²) in [4.78, 5) is 25.1. The highest BCUT2D eigenvalue weighted by molar-refractivity contribution is 7.17. The molecule has 1 atom stereocenters. The van der Waals surface area contributed by atoms with Crippen LogP contribution in [0.15, 0.2) is 30.3 Å². The summed E-state index contributed by atoms with van der Waals surface area (Å²) in [7, 11) is 0. The summed E-state index contributed by atoms with van der Waals surface area (Å²) in [6, 6.07) is 8.84. The Bertz CT molecular complexity index is 721. The number of aryl methyl sites for hydroxylation is 1. The lowest BCUT2D eigenvalue weighted by Crippen LogP contribution is -2.14. The molecule has 0 saturated heterocycles. The van der Waals surface area contributed by atoms with E-state index in [2.05, 4.69) is 12.2 Å². The Morgan fingerprint density at radius 2 is 2.00 bits per heavy atom. The molecule has 1 aromatic heterocycles. The number of carbonyl (C=O) groups is 2. The monoisotopic (exact) mass is 315 g/mol. The Morgan fingerprint density at radius 1 is 1.27 bits per heavy atom. The number of carboxylic acids is 1. The van der Waals surface area contributed by atoms with Gasteiger partial charge in [-0.1, -0.05) is 25.1 Å². The van der Waals surface area contributed by atoms with E-state index >= 15 is 0 Å². The number of nitrogens with one attached hydrogen (secondary N) is 1. The normalized spacial score (nSPS) is 16.9. The lowest BCUT2D eigenvalue weighted by molar-refractivity contribution is 0.0696. The molecule has 1 heterocycles. The van der Waals surface area contributed by atoms with Crippen molar-refractivity contribution in [3.05, 3.63) is 51.9 Å². The van der Waals surface area contributed by atoms with Crippen LogP contribution in [0.2, 0.25) is 0 Å². The van der Waals surface area contributed by atoms with Crippen LogP contribution in [0.4, 0.5) is 5.00 Å². The maximum atomic E-state index is 12.3. The summed E-state index contributed by atoms with van der Waals surface area (Å²) in [6.07, 6.45) is 2.96. The Kier molecular flexibility index (Phi) is 3.98. The third-order valence-corrected chi connectivity index (χ3v) is 5.21. The van der Waals surface area contributed by atoms with Crippen molar-refractivity contribution in [2.75, 3.05) is 5.32 Å². The summed E-state index contributed by atoms with van der Waals surface area (Å²) in [6.45, 7) is 2.06. The number of carboxylic acid groups (broad SMARTS) is 1. The van der Waals surface area contributed by atoms with E-state index in [1.807, 2.05) is 6.07 Å². The van der Waals surface area contributed by atoms with Gasteiger partial charge in [0.2, 0.25) is 0 Å². The molecule has 4 nitrogen and oxygen atoms in total. The molecule has 0 saturated carbocycles. The zero-order chi connectivity index (χ0) is 15.7. The molecule has 1 amide bonds. The van der Waals surface area contributed by atoms with Crippen LogP contribution in [0.3, 0.4) is 0 Å². The van der Waals surface area contributed by atoms with Gasteiger partial charge in [0.25, 0.3) is 5.91 Å². The van der Waals surface area contributed by atoms with E-state index in [1.54, 1.807) is 24.3 Å². The Hall–Kier alpha value is -2.14. The molecule has 0 fully saturated rings. The molecule has 1 unspecified atom stereocenters. The van der Waals surface area contributed by atoms with Crippen LogP contribution in [0.1, 0.15) is 56.8 Å². The van der Waals surface area contributed by atoms with Gasteiger partial charge in [-0.3, -0.25) is 4.79 Å². The molecule has 0 spiro atoms. The van der Waals surface area contributed by atoms with Crippen LogP contribution in [0.5, 0.6) is 0 Å². The maximum Gasteiger partial charge on any atom is 0.339 e. The molecule has 114 valence electrons. The van der Waals surface area contributed by atoms with Crippen LogP contribution in [-0.4, -0.2) is 17.0 Å². The average Bonchev–Trinajstić information content (AvgIpc) is 2.87. The second-order valence-corrected chi connectivity index (χ2v) is 6.67. The molecule has 2 aromatic rings. The number of fused-ring (bicyclic) bond motifs is 1. The van der Waals surface area contributed by atoms with Crippen molar-refractivity contribution in [1.82, 2.24) is 0 Å². The zero-order valence-electron chi connectivity index (χ0n) is 12.3. The van der Waals surface area contributed by atoms with E-state index in [4.69, 9.17) is 0 Å². The SMILES string of the molecule is CC1CCCc2sc(NC(=O)c3ccccc3)c(C(=O)O)c21. The second kappa shape index (κ2) is 5.93. The number of thiophene rings is 1. The smallest absolute Gasteiger partial charge is 0.339 e. The van der Waals surface area contributed by atoms with Gasteiger partial charge in [-0.2, -0.15) is 0 Å². The highest BCUT2D eigenvalue weighted by Gasteiger charge is 2.29. The van der Waals surface area contributed by atoms with Gasteiger partial charge in [0.1, 0.15) is 5.00 Å². The zero-order valence-corrected chi connectivity index (χ0v) is 13.1. The van der Waals surface area contributed by atoms with Gasteiger partial charge in [-0.05, 0) is 42.9 Å². The van der Waals surface area contributed by atoms with Crippen molar-refractivity contribution in [2.45, 2.75) is 32.1 Å². The van der Waals surface area contributed by atoms with E-state index in [9.17, 15) is 14.7 Å². The van der Waals surface area contributed by atoms with Gasteiger partial charge in [0, 0.05) is 10.4 Å². The number of benzene rings is 1. The van der Waals surface area contributed by atoms with E-state index < -0.39 is 5.97 Å². The van der Waals surface area contributed by atoms with Crippen LogP contribution in [-0.2, 0) is 6.42 Å². The van der Waals surface area contributed by atoms with E-state index in [0.717, 1.165) is 29.7 Å². The summed E-state index contributed by atoms with van der Waals surface area (Å²) in [5, 5.41) is 12.8. The van der Waals surface area contributed by atoms with Crippen LogP contribution >= 0.6 is 11.3 Å². The van der Waals surface area contributed by atoms with Crippen molar-refractivity contribution in [3.8, 4) is 0 Å². The molecule has 0 aliphatic heterocycles. The first-order chi connectivity index (χ1) is 10.6. The third-order valence-electron chi connectivity index (χ3n) is 4.03. The molecule has 0 radical (unpaired) electrons. The average molecular weight is 315 g/mol. The number of hydrogen-bond donors (Lipinski definition) is 2. The molecule has 1 aromatic carbocycles. The quantitative estimate of drug-likeness (QED) is 0.894. The maximum absolute atomic E-state index is 12.3. The summed E-state index contributed by atoms with van der Waals surface area (Å²) < 4.78 is 0. The van der Waals surface area contributed by atoms with Crippen LogP contribution in [0.25, 0.3) is 0 Å². The Balaban J connectivity index is 1.97. The fraction of sp³-hybridized carbons (Fsp3) is 0.294. The predicted molar refractivity (Wildman–Crippen MR) is 87.0 cm³/mol. The molecule has 1 aliphatic rings. The van der Waals surface area contributed by atoms with E-state index in [0.29, 0.717) is 10.6 Å². The molecule has 3 rings (SSSR count). The first kappa shape index (κ1) is 14.8. The second-order valence-electron chi connectivity index (χ2n) is 5.56. The van der Waals surface area contributed by atoms with E-state index in [-0.39, 0.29) is 17.4 Å². The lowest BCUT2D eigenvalue weighted by Gasteiger charge is -2.19. The van der Waals surface area contributed by atoms with E-state index in [1.165, 1.54) is 11.3 Å². The number of aromatic carboxylic acids is 1. The van der Waals surface area contributed by atoms with Crippen LogP contribution in [0, 0.1) is 0 Å². The largest absolute Gasteiger partial charge is 0.478 e. The number of hydrogen-bond acceptors (Lipinski definition) is 3. The minimum absolute atomic E-state index is 0.230. The molecule has 5 heteroatoms. The topological polar surface area (TPSA) is 66.4 Å². The van der Waals surface area contributed by atoms with Gasteiger partial charge in [0.15, 0.2) is 0 Å². The third kappa shape index (κ3) is 2.64. The Morgan fingerprint density at radius 3 is 2.68 bits per heavy atom. The van der Waals surface area contributed by atoms with Gasteiger partial charge < -0.3 is 10.4 Å². The first-order valence-electron chi connectivity index (χ1n) is 7.33. The highest BCUT2D eigenvalue weighted by Crippen LogP contribution is 2.43. The van der Waals surface area contributed by atoms with Crippen molar-refractivity contribution in [3.63, 3.8) is 0 Å². The Labute approximate surface area is 132 Å². The van der Waals surface area contributed by atoms with Crippen molar-refractivity contribution in [1.29, 1.82) is 0 Å². The summed E-state index contributed by atoms with van der Waals surface area (Å²) >= 11 is 1.40. The number of amides is 1. The first-order valence-corrected chi connectivity index (χ1v) is 8.15. The van der Waals surface area contributed by atoms with Crippen molar-refractivity contribution < 1.29 is 14.7 Å². The molecule has 22 heavy (non-hydrogen) atoms. The predicted octanol–water partition coefficient (Wildman–Crippen LogP) is 4.14. The minimum atomic E-state index is -0.963. The molecular formula is C17H17NO3S. The lowest BCUT2D eigenvalue weighted by atomic mass is 9.86. The van der Waals surface area contributed by atoms with Crippen molar-refractivity contribution >= 4 is 28.2 Å². The standard InChI is InChI=1S/C17H17NO3S/c1-10-6-5-9-12-13(10)14(17(20)21)16(22-12)18-15(19)11-7-3-2-4-8-11/h2-4,7-8,10H,5-6,9H2,1H3,(H,18,19)(H,20,21). The molecule has 1 aliphatic carbocycles. The summed E-state index contributed by atoms with van der Waals surface area (Å²) in [5.74, 6) is -1.00. The molecular weight excluding hydrogens is 298 g/mol. The van der Waals surface area contributed by atoms with Crippen LogP contribution < -0.4 is 5.32 Å². The van der Waals surface area contributed by atoms with Gasteiger partial charge in [-0.15, -0.1) is 11.3 Å². The highest BCUT2D eigenvalue weighted by atomic mass is 32.1. The molecule has 2 N–H and O–H groups in total.